The van der Waals surface area contributed by atoms with E-state index in [4.69, 9.17) is 4.74 Å². The van der Waals surface area contributed by atoms with Gasteiger partial charge in [-0.15, -0.1) is 22.7 Å². The fourth-order valence-electron chi connectivity index (χ4n) is 3.90. The molecule has 3 aromatic rings. The number of aromatic nitrogens is 1. The van der Waals surface area contributed by atoms with E-state index in [-0.39, 0.29) is 18.6 Å². The van der Waals surface area contributed by atoms with Crippen LogP contribution >= 0.6 is 22.7 Å². The number of rotatable bonds is 6. The SMILES string of the molecule is Cc1nc2c(cc(OCC(=O)NC3CCN(CC4CC4)C3)c3ccsc32)s1. The third kappa shape index (κ3) is 3.68. The van der Waals surface area contributed by atoms with Crippen LogP contribution in [0.1, 0.15) is 24.3 Å². The lowest BCUT2D eigenvalue weighted by Gasteiger charge is -2.16. The first kappa shape index (κ1) is 17.4. The Morgan fingerprint density at radius 1 is 1.41 bits per heavy atom. The van der Waals surface area contributed by atoms with Gasteiger partial charge in [-0.3, -0.25) is 4.79 Å². The maximum atomic E-state index is 12.4. The highest BCUT2D eigenvalue weighted by atomic mass is 32.1. The maximum absolute atomic E-state index is 12.4. The molecule has 2 aromatic heterocycles. The fourth-order valence-corrected chi connectivity index (χ4v) is 5.73. The molecular formula is C20H23N3O2S2. The largest absolute Gasteiger partial charge is 0.483 e. The molecule has 1 saturated carbocycles. The first-order chi connectivity index (χ1) is 13.2. The molecule has 1 unspecified atom stereocenters. The molecule has 1 aromatic carbocycles. The number of hydrogen-bond donors (Lipinski definition) is 1. The summed E-state index contributed by atoms with van der Waals surface area (Å²) in [5, 5.41) is 7.29. The van der Waals surface area contributed by atoms with Crippen molar-refractivity contribution in [2.24, 2.45) is 5.92 Å². The minimum absolute atomic E-state index is 0.0303. The zero-order chi connectivity index (χ0) is 18.4. The van der Waals surface area contributed by atoms with Gasteiger partial charge in [0.2, 0.25) is 0 Å². The molecule has 1 N–H and O–H groups in total. The molecule has 0 spiro atoms. The Labute approximate surface area is 166 Å². The van der Waals surface area contributed by atoms with Crippen LogP contribution in [0.25, 0.3) is 20.3 Å². The quantitative estimate of drug-likeness (QED) is 0.683. The van der Waals surface area contributed by atoms with E-state index in [2.05, 4.69) is 20.6 Å². The Hall–Kier alpha value is -1.70. The maximum Gasteiger partial charge on any atom is 0.258 e. The molecule has 0 radical (unpaired) electrons. The standard InChI is InChI=1S/C20H23N3O2S2/c1-12-21-19-17(27-12)8-16(15-5-7-26-20(15)19)25-11-18(24)22-14-4-6-23(10-14)9-13-2-3-13/h5,7-8,13-14H,2-4,6,9-11H2,1H3,(H,22,24). The topological polar surface area (TPSA) is 54.5 Å². The summed E-state index contributed by atoms with van der Waals surface area (Å²) in [7, 11) is 0. The van der Waals surface area contributed by atoms with Crippen LogP contribution in [0.4, 0.5) is 0 Å². The molecule has 5 nitrogen and oxygen atoms in total. The van der Waals surface area contributed by atoms with Crippen LogP contribution in [0, 0.1) is 12.8 Å². The van der Waals surface area contributed by atoms with E-state index in [1.165, 1.54) is 19.4 Å². The lowest BCUT2D eigenvalue weighted by molar-refractivity contribution is -0.123. The lowest BCUT2D eigenvalue weighted by atomic mass is 10.2. The summed E-state index contributed by atoms with van der Waals surface area (Å²) in [6.07, 6.45) is 3.80. The van der Waals surface area contributed by atoms with E-state index < -0.39 is 0 Å². The number of amides is 1. The van der Waals surface area contributed by atoms with Gasteiger partial charge in [-0.1, -0.05) is 0 Å². The monoisotopic (exact) mass is 401 g/mol. The van der Waals surface area contributed by atoms with Gasteiger partial charge in [-0.25, -0.2) is 4.98 Å². The minimum Gasteiger partial charge on any atom is -0.483 e. The molecule has 1 amide bonds. The average Bonchev–Trinajstić information content (AvgIpc) is 3.02. The van der Waals surface area contributed by atoms with Crippen molar-refractivity contribution in [2.45, 2.75) is 32.2 Å². The van der Waals surface area contributed by atoms with Crippen molar-refractivity contribution in [1.82, 2.24) is 15.2 Å². The van der Waals surface area contributed by atoms with Crippen LogP contribution in [-0.4, -0.2) is 48.1 Å². The van der Waals surface area contributed by atoms with Crippen LogP contribution < -0.4 is 10.1 Å². The summed E-state index contributed by atoms with van der Waals surface area (Å²) in [6.45, 7) is 5.36. The minimum atomic E-state index is -0.0303. The predicted octanol–water partition coefficient (Wildman–Crippen LogP) is 3.80. The van der Waals surface area contributed by atoms with Crippen LogP contribution in [0.5, 0.6) is 5.75 Å². The van der Waals surface area contributed by atoms with E-state index in [0.717, 1.165) is 56.5 Å². The van der Waals surface area contributed by atoms with E-state index in [0.29, 0.717) is 0 Å². The number of carbonyl (C=O) groups is 1. The van der Waals surface area contributed by atoms with Gasteiger partial charge in [0.25, 0.3) is 5.91 Å². The first-order valence-corrected chi connectivity index (χ1v) is 11.3. The lowest BCUT2D eigenvalue weighted by Crippen LogP contribution is -2.39. The molecule has 3 heterocycles. The number of likely N-dealkylation sites (tertiary alicyclic amines) is 1. The van der Waals surface area contributed by atoms with Gasteiger partial charge in [0, 0.05) is 37.1 Å². The van der Waals surface area contributed by atoms with Crippen LogP contribution in [0.2, 0.25) is 0 Å². The summed E-state index contributed by atoms with van der Waals surface area (Å²) in [5.41, 5.74) is 1.04. The van der Waals surface area contributed by atoms with Crippen molar-refractivity contribution >= 4 is 48.9 Å². The van der Waals surface area contributed by atoms with E-state index in [9.17, 15) is 4.79 Å². The van der Waals surface area contributed by atoms with Crippen molar-refractivity contribution in [3.05, 3.63) is 22.5 Å². The van der Waals surface area contributed by atoms with Gasteiger partial charge in [-0.2, -0.15) is 0 Å². The summed E-state index contributed by atoms with van der Waals surface area (Å²) < 4.78 is 8.18. The van der Waals surface area contributed by atoms with E-state index >= 15 is 0 Å². The number of thiazole rings is 1. The molecule has 27 heavy (non-hydrogen) atoms. The Balaban J connectivity index is 1.23. The van der Waals surface area contributed by atoms with Crippen LogP contribution in [0.15, 0.2) is 17.5 Å². The summed E-state index contributed by atoms with van der Waals surface area (Å²) >= 11 is 3.34. The second-order valence-corrected chi connectivity index (χ2v) is 9.81. The Kier molecular flexibility index (Phi) is 4.53. The van der Waals surface area contributed by atoms with Crippen molar-refractivity contribution in [3.8, 4) is 5.75 Å². The molecule has 1 atom stereocenters. The number of nitrogens with zero attached hydrogens (tertiary/aromatic N) is 2. The zero-order valence-corrected chi connectivity index (χ0v) is 17.0. The molecule has 1 aliphatic heterocycles. The third-order valence-corrected chi connectivity index (χ3v) is 7.22. The number of fused-ring (bicyclic) bond motifs is 3. The van der Waals surface area contributed by atoms with Gasteiger partial charge in [0.1, 0.15) is 5.75 Å². The average molecular weight is 402 g/mol. The van der Waals surface area contributed by atoms with Crippen molar-refractivity contribution < 1.29 is 9.53 Å². The number of thiophene rings is 1. The Bertz CT molecular complexity index is 992. The molecule has 7 heteroatoms. The number of nitrogens with one attached hydrogen (secondary N) is 1. The summed E-state index contributed by atoms with van der Waals surface area (Å²) in [6, 6.07) is 4.33. The highest BCUT2D eigenvalue weighted by molar-refractivity contribution is 7.21. The molecule has 142 valence electrons. The number of aryl methyl sites for hydroxylation is 1. The zero-order valence-electron chi connectivity index (χ0n) is 15.4. The second kappa shape index (κ2) is 7.04. The molecule has 1 aliphatic carbocycles. The highest BCUT2D eigenvalue weighted by Crippen LogP contribution is 2.38. The number of benzene rings is 1. The van der Waals surface area contributed by atoms with Crippen molar-refractivity contribution in [3.63, 3.8) is 0 Å². The van der Waals surface area contributed by atoms with Gasteiger partial charge < -0.3 is 15.0 Å². The number of hydrogen-bond acceptors (Lipinski definition) is 6. The molecular weight excluding hydrogens is 378 g/mol. The molecule has 0 bridgehead atoms. The van der Waals surface area contributed by atoms with Crippen LogP contribution in [-0.2, 0) is 4.79 Å². The van der Waals surface area contributed by atoms with Gasteiger partial charge in [0.15, 0.2) is 6.61 Å². The number of ether oxygens (including phenoxy) is 1. The highest BCUT2D eigenvalue weighted by Gasteiger charge is 2.29. The predicted molar refractivity (Wildman–Crippen MR) is 111 cm³/mol. The van der Waals surface area contributed by atoms with Crippen molar-refractivity contribution in [1.29, 1.82) is 0 Å². The third-order valence-electron chi connectivity index (χ3n) is 5.38. The molecule has 2 fully saturated rings. The smallest absolute Gasteiger partial charge is 0.258 e. The van der Waals surface area contributed by atoms with E-state index in [1.54, 1.807) is 22.7 Å². The molecule has 2 aliphatic rings. The molecule has 5 rings (SSSR count). The second-order valence-electron chi connectivity index (χ2n) is 7.66. The van der Waals surface area contributed by atoms with Gasteiger partial charge >= 0.3 is 0 Å². The first-order valence-electron chi connectivity index (χ1n) is 9.57. The molecule has 1 saturated heterocycles. The summed E-state index contributed by atoms with van der Waals surface area (Å²) in [4.78, 5) is 19.5. The van der Waals surface area contributed by atoms with Crippen LogP contribution in [0.3, 0.4) is 0 Å². The number of carbonyl (C=O) groups excluding carboxylic acids is 1. The van der Waals surface area contributed by atoms with Gasteiger partial charge in [-0.05, 0) is 43.6 Å². The van der Waals surface area contributed by atoms with E-state index in [1.807, 2.05) is 19.1 Å². The van der Waals surface area contributed by atoms with Gasteiger partial charge in [0.05, 0.1) is 19.9 Å². The fraction of sp³-hybridized carbons (Fsp3) is 0.500. The summed E-state index contributed by atoms with van der Waals surface area (Å²) in [5.74, 6) is 1.65. The Morgan fingerprint density at radius 3 is 3.15 bits per heavy atom. The Morgan fingerprint density at radius 2 is 2.30 bits per heavy atom. The normalized spacial score (nSPS) is 20.6. The van der Waals surface area contributed by atoms with Crippen molar-refractivity contribution in [2.75, 3.05) is 26.2 Å².